The van der Waals surface area contributed by atoms with Crippen molar-refractivity contribution in [3.05, 3.63) is 11.9 Å². The Hall–Kier alpha value is -1.85. The average Bonchev–Trinajstić information content (AvgIpc) is 2.27. The number of aryl methyl sites for hydroxylation is 1. The summed E-state index contributed by atoms with van der Waals surface area (Å²) in [6, 6.07) is 1.61. The number of hydrogen-bond acceptors (Lipinski definition) is 5. The molecule has 94 valence electrons. The van der Waals surface area contributed by atoms with E-state index in [1.165, 1.54) is 0 Å². The van der Waals surface area contributed by atoms with Gasteiger partial charge in [-0.2, -0.15) is 0 Å². The second-order valence-electron chi connectivity index (χ2n) is 3.64. The summed E-state index contributed by atoms with van der Waals surface area (Å²) in [5.41, 5.74) is 5.59. The van der Waals surface area contributed by atoms with Gasteiger partial charge < -0.3 is 16.0 Å². The Kier molecular flexibility index (Phi) is 4.68. The fraction of sp³-hybridized carbons (Fsp3) is 0.545. The molecule has 1 aromatic rings. The summed E-state index contributed by atoms with van der Waals surface area (Å²) < 4.78 is 0. The van der Waals surface area contributed by atoms with Crippen molar-refractivity contribution in [2.45, 2.75) is 20.8 Å². The molecule has 0 bridgehead atoms. The second kappa shape index (κ2) is 6.03. The summed E-state index contributed by atoms with van der Waals surface area (Å²) in [6.45, 7) is 7.30. The number of carbonyl (C=O) groups excluding carboxylic acids is 1. The molecule has 0 aliphatic rings. The van der Waals surface area contributed by atoms with Crippen LogP contribution in [0.15, 0.2) is 6.07 Å². The third-order valence-electron chi connectivity index (χ3n) is 2.39. The number of amides is 1. The Balaban J connectivity index is 2.58. The lowest BCUT2D eigenvalue weighted by atomic mass is 10.4. The van der Waals surface area contributed by atoms with Crippen LogP contribution in [-0.4, -0.2) is 40.4 Å². The van der Waals surface area contributed by atoms with Gasteiger partial charge in [0.05, 0.1) is 6.54 Å². The number of carbonyl (C=O) groups is 1. The molecule has 6 nitrogen and oxygen atoms in total. The van der Waals surface area contributed by atoms with Crippen LogP contribution < -0.4 is 11.1 Å². The van der Waals surface area contributed by atoms with E-state index < -0.39 is 0 Å². The number of anilines is 2. The van der Waals surface area contributed by atoms with Gasteiger partial charge in [0.15, 0.2) is 0 Å². The quantitative estimate of drug-likeness (QED) is 0.785. The highest BCUT2D eigenvalue weighted by atomic mass is 16.2. The molecule has 0 aliphatic carbocycles. The Morgan fingerprint density at radius 2 is 2.06 bits per heavy atom. The van der Waals surface area contributed by atoms with Crippen molar-refractivity contribution >= 4 is 17.5 Å². The molecule has 0 spiro atoms. The average molecular weight is 237 g/mol. The van der Waals surface area contributed by atoms with Crippen molar-refractivity contribution in [3.8, 4) is 0 Å². The van der Waals surface area contributed by atoms with Gasteiger partial charge in [0.1, 0.15) is 17.5 Å². The number of nitrogen functional groups attached to an aromatic ring is 1. The molecule has 0 atom stereocenters. The first-order valence-corrected chi connectivity index (χ1v) is 5.69. The van der Waals surface area contributed by atoms with Gasteiger partial charge in [0.25, 0.3) is 0 Å². The number of nitrogens with two attached hydrogens (primary N) is 1. The van der Waals surface area contributed by atoms with Crippen LogP contribution in [0.4, 0.5) is 11.6 Å². The third-order valence-corrected chi connectivity index (χ3v) is 2.39. The van der Waals surface area contributed by atoms with Gasteiger partial charge in [-0.1, -0.05) is 0 Å². The van der Waals surface area contributed by atoms with E-state index >= 15 is 0 Å². The first-order valence-electron chi connectivity index (χ1n) is 5.69. The molecular formula is C11H19N5O. The summed E-state index contributed by atoms with van der Waals surface area (Å²) in [4.78, 5) is 21.6. The molecule has 17 heavy (non-hydrogen) atoms. The molecule has 0 saturated heterocycles. The minimum Gasteiger partial charge on any atom is -0.384 e. The number of likely N-dealkylation sites (N-methyl/N-ethyl adjacent to an activating group) is 1. The van der Waals surface area contributed by atoms with E-state index in [0.29, 0.717) is 30.5 Å². The first-order chi connectivity index (χ1) is 8.06. The number of hydrogen-bond donors (Lipinski definition) is 2. The van der Waals surface area contributed by atoms with E-state index in [1.54, 1.807) is 17.9 Å². The summed E-state index contributed by atoms with van der Waals surface area (Å²) in [6.07, 6.45) is 0. The third kappa shape index (κ3) is 3.90. The molecule has 0 saturated carbocycles. The summed E-state index contributed by atoms with van der Waals surface area (Å²) in [7, 11) is 0. The maximum Gasteiger partial charge on any atom is 0.241 e. The van der Waals surface area contributed by atoms with E-state index in [2.05, 4.69) is 15.3 Å². The lowest BCUT2D eigenvalue weighted by Crippen LogP contribution is -2.35. The van der Waals surface area contributed by atoms with Gasteiger partial charge in [0, 0.05) is 19.2 Å². The molecule has 1 amide bonds. The monoisotopic (exact) mass is 237 g/mol. The van der Waals surface area contributed by atoms with Crippen LogP contribution in [0.5, 0.6) is 0 Å². The molecule has 1 heterocycles. The Bertz CT molecular complexity index is 369. The van der Waals surface area contributed by atoms with Crippen LogP contribution in [0.25, 0.3) is 0 Å². The highest BCUT2D eigenvalue weighted by molar-refractivity contribution is 5.80. The fourth-order valence-corrected chi connectivity index (χ4v) is 1.54. The van der Waals surface area contributed by atoms with Crippen molar-refractivity contribution in [1.29, 1.82) is 0 Å². The maximum atomic E-state index is 11.7. The van der Waals surface area contributed by atoms with E-state index in [4.69, 9.17) is 5.73 Å². The van der Waals surface area contributed by atoms with Gasteiger partial charge >= 0.3 is 0 Å². The fourth-order valence-electron chi connectivity index (χ4n) is 1.54. The Morgan fingerprint density at radius 3 is 2.59 bits per heavy atom. The highest BCUT2D eigenvalue weighted by Gasteiger charge is 2.09. The topological polar surface area (TPSA) is 84.1 Å². The molecule has 0 radical (unpaired) electrons. The number of nitrogens with zero attached hydrogens (tertiary/aromatic N) is 3. The van der Waals surface area contributed by atoms with Crippen LogP contribution in [-0.2, 0) is 4.79 Å². The van der Waals surface area contributed by atoms with E-state index in [-0.39, 0.29) is 12.5 Å². The lowest BCUT2D eigenvalue weighted by Gasteiger charge is -2.18. The molecule has 0 aromatic carbocycles. The van der Waals surface area contributed by atoms with Crippen molar-refractivity contribution < 1.29 is 4.79 Å². The predicted molar refractivity (Wildman–Crippen MR) is 67.6 cm³/mol. The molecule has 0 fully saturated rings. The lowest BCUT2D eigenvalue weighted by molar-refractivity contribution is -0.128. The standard InChI is InChI=1S/C11H19N5O/c1-4-16(5-2)11(17)7-13-10-6-9(12)14-8(3)15-10/h6H,4-5,7H2,1-3H3,(H3,12,13,14,15). The number of aromatic nitrogens is 2. The van der Waals surface area contributed by atoms with E-state index in [0.717, 1.165) is 0 Å². The second-order valence-corrected chi connectivity index (χ2v) is 3.64. The Morgan fingerprint density at radius 1 is 1.41 bits per heavy atom. The van der Waals surface area contributed by atoms with E-state index in [1.807, 2.05) is 13.8 Å². The molecule has 3 N–H and O–H groups in total. The van der Waals surface area contributed by atoms with Gasteiger partial charge in [-0.15, -0.1) is 0 Å². The van der Waals surface area contributed by atoms with Crippen molar-refractivity contribution in [3.63, 3.8) is 0 Å². The van der Waals surface area contributed by atoms with Gasteiger partial charge in [-0.3, -0.25) is 4.79 Å². The van der Waals surface area contributed by atoms with Crippen LogP contribution in [0.1, 0.15) is 19.7 Å². The van der Waals surface area contributed by atoms with Crippen LogP contribution in [0.2, 0.25) is 0 Å². The highest BCUT2D eigenvalue weighted by Crippen LogP contribution is 2.07. The van der Waals surface area contributed by atoms with Crippen molar-refractivity contribution in [2.75, 3.05) is 30.7 Å². The molecular weight excluding hydrogens is 218 g/mol. The molecule has 1 rings (SSSR count). The summed E-state index contributed by atoms with van der Waals surface area (Å²) in [5.74, 6) is 1.61. The van der Waals surface area contributed by atoms with Gasteiger partial charge in [0.2, 0.25) is 5.91 Å². The van der Waals surface area contributed by atoms with Crippen LogP contribution in [0, 0.1) is 6.92 Å². The van der Waals surface area contributed by atoms with Crippen molar-refractivity contribution in [2.24, 2.45) is 0 Å². The minimum atomic E-state index is 0.0461. The SMILES string of the molecule is CCN(CC)C(=O)CNc1cc(N)nc(C)n1. The largest absolute Gasteiger partial charge is 0.384 e. The van der Waals surface area contributed by atoms with Gasteiger partial charge in [-0.05, 0) is 20.8 Å². The summed E-state index contributed by atoms with van der Waals surface area (Å²) in [5, 5.41) is 2.95. The minimum absolute atomic E-state index is 0.0461. The predicted octanol–water partition coefficient (Wildman–Crippen LogP) is 0.648. The molecule has 6 heteroatoms. The van der Waals surface area contributed by atoms with Crippen LogP contribution in [0.3, 0.4) is 0 Å². The van der Waals surface area contributed by atoms with Gasteiger partial charge in [-0.25, -0.2) is 9.97 Å². The zero-order chi connectivity index (χ0) is 12.8. The smallest absolute Gasteiger partial charge is 0.241 e. The van der Waals surface area contributed by atoms with E-state index in [9.17, 15) is 4.79 Å². The normalized spacial score (nSPS) is 10.1. The maximum absolute atomic E-state index is 11.7. The first kappa shape index (κ1) is 13.2. The molecule has 0 unspecified atom stereocenters. The zero-order valence-corrected chi connectivity index (χ0v) is 10.5. The molecule has 0 aliphatic heterocycles. The summed E-state index contributed by atoms with van der Waals surface area (Å²) >= 11 is 0. The van der Waals surface area contributed by atoms with Crippen molar-refractivity contribution in [1.82, 2.24) is 14.9 Å². The molecule has 1 aromatic heterocycles. The van der Waals surface area contributed by atoms with Crippen LogP contribution >= 0.6 is 0 Å². The zero-order valence-electron chi connectivity index (χ0n) is 10.5. The Labute approximate surface area is 101 Å². The number of nitrogens with one attached hydrogen (secondary N) is 1. The number of rotatable bonds is 5.